The van der Waals surface area contributed by atoms with E-state index in [2.05, 4.69) is 100 Å². The summed E-state index contributed by atoms with van der Waals surface area (Å²) in [5, 5.41) is 12.7. The van der Waals surface area contributed by atoms with Gasteiger partial charge in [-0.1, -0.05) is 66.7 Å². The molecule has 3 aromatic heterocycles. The predicted octanol–water partition coefficient (Wildman–Crippen LogP) is 6.70. The number of rotatable bonds is 4. The second-order valence-corrected chi connectivity index (χ2v) is 9.75. The third kappa shape index (κ3) is 3.36. The number of nitrogens with zero attached hydrogens (tertiary/aromatic N) is 5. The summed E-state index contributed by atoms with van der Waals surface area (Å²) < 4.78 is 8.21. The van der Waals surface area contributed by atoms with Crippen LogP contribution in [0.4, 0.5) is 0 Å². The van der Waals surface area contributed by atoms with E-state index >= 15 is 0 Å². The van der Waals surface area contributed by atoms with Crippen molar-refractivity contribution in [2.24, 2.45) is 0 Å². The summed E-state index contributed by atoms with van der Waals surface area (Å²) in [6, 6.07) is 40.8. The van der Waals surface area contributed by atoms with Gasteiger partial charge in [0.2, 0.25) is 5.95 Å². The van der Waals surface area contributed by atoms with Crippen molar-refractivity contribution in [1.82, 2.24) is 18.7 Å². The van der Waals surface area contributed by atoms with Crippen molar-refractivity contribution in [2.45, 2.75) is 0 Å². The smallest absolute Gasteiger partial charge is 0.268 e. The molecule has 0 aliphatic carbocycles. The van der Waals surface area contributed by atoms with Crippen LogP contribution in [0.5, 0.6) is 5.75 Å². The van der Waals surface area contributed by atoms with Gasteiger partial charge in [-0.25, -0.2) is 4.98 Å². The number of imidazole rings is 2. The normalized spacial score (nSPS) is 11.6. The Bertz CT molecular complexity index is 2190. The molecule has 0 amide bonds. The second kappa shape index (κ2) is 8.71. The first-order valence-electron chi connectivity index (χ1n) is 13.1. The van der Waals surface area contributed by atoms with E-state index in [4.69, 9.17) is 4.98 Å². The molecule has 8 rings (SSSR count). The third-order valence-electron chi connectivity index (χ3n) is 7.41. The number of fused-ring (bicyclic) bond motifs is 4. The number of aromatic nitrogens is 5. The Labute approximate surface area is 229 Å². The van der Waals surface area contributed by atoms with Crippen LogP contribution in [0.3, 0.4) is 0 Å². The highest BCUT2D eigenvalue weighted by Gasteiger charge is 2.20. The molecule has 6 heteroatoms. The van der Waals surface area contributed by atoms with Crippen LogP contribution >= 0.6 is 0 Å². The molecular formula is C34H23N5O. The minimum absolute atomic E-state index is 0.205. The summed E-state index contributed by atoms with van der Waals surface area (Å²) in [6.07, 6.45) is 7.18. The van der Waals surface area contributed by atoms with Crippen molar-refractivity contribution >= 4 is 32.8 Å². The number of para-hydroxylation sites is 6. The number of hydrogen-bond acceptors (Lipinski definition) is 2. The Kier molecular flexibility index (Phi) is 4.87. The zero-order chi connectivity index (χ0) is 26.6. The second-order valence-electron chi connectivity index (χ2n) is 9.75. The summed E-state index contributed by atoms with van der Waals surface area (Å²) >= 11 is 0. The standard InChI is InChI=1S/C34H23N5O/c40-33-17-9-8-16-31(33)37-21-20-36(23-37)25-18-19-27-26-12-4-6-14-29(26)39(32(27)22-25)34-35-28-13-5-7-15-30(28)38(34)24-10-2-1-3-11-24/h1-22,40H. The average molecular weight is 518 g/mol. The van der Waals surface area contributed by atoms with Crippen molar-refractivity contribution in [3.63, 3.8) is 0 Å². The molecule has 0 bridgehead atoms. The number of benzene rings is 5. The Morgan fingerprint density at radius 1 is 0.650 bits per heavy atom. The lowest BCUT2D eigenvalue weighted by atomic mass is 10.1. The summed E-state index contributed by atoms with van der Waals surface area (Å²) in [4.78, 5) is 5.17. The van der Waals surface area contributed by atoms with Crippen LogP contribution in [0.25, 0.3) is 55.8 Å². The average Bonchev–Trinajstić information content (AvgIpc) is 3.71. The molecular weight excluding hydrogens is 494 g/mol. The van der Waals surface area contributed by atoms with E-state index < -0.39 is 0 Å². The van der Waals surface area contributed by atoms with Gasteiger partial charge in [0.15, 0.2) is 0 Å². The van der Waals surface area contributed by atoms with Crippen LogP contribution in [0.15, 0.2) is 134 Å². The van der Waals surface area contributed by atoms with Gasteiger partial charge >= 0.3 is 0 Å². The molecule has 1 N–H and O–H groups in total. The van der Waals surface area contributed by atoms with E-state index in [-0.39, 0.29) is 5.75 Å². The zero-order valence-corrected chi connectivity index (χ0v) is 21.4. The lowest BCUT2D eigenvalue weighted by Gasteiger charge is -2.12. The topological polar surface area (TPSA) is 51.8 Å². The largest absolute Gasteiger partial charge is 0.511 e. The Hall–Kier alpha value is -5.62. The molecule has 0 aliphatic heterocycles. The number of hydrogen-bond donors (Lipinski definition) is 1. The fraction of sp³-hybridized carbons (Fsp3) is 0. The van der Waals surface area contributed by atoms with Gasteiger partial charge in [0.05, 0.1) is 27.8 Å². The maximum Gasteiger partial charge on any atom is 0.268 e. The molecule has 3 heterocycles. The van der Waals surface area contributed by atoms with Gasteiger partial charge in [0.25, 0.3) is 6.33 Å². The number of phenols is 1. The fourth-order valence-electron chi connectivity index (χ4n) is 5.58. The molecule has 0 atom stereocenters. The van der Waals surface area contributed by atoms with Crippen molar-refractivity contribution in [2.75, 3.05) is 0 Å². The van der Waals surface area contributed by atoms with Crippen molar-refractivity contribution in [3.05, 3.63) is 140 Å². The van der Waals surface area contributed by atoms with Crippen LogP contribution in [0, 0.1) is 6.33 Å². The fourth-order valence-corrected chi connectivity index (χ4v) is 5.58. The van der Waals surface area contributed by atoms with E-state index in [0.717, 1.165) is 50.2 Å². The molecule has 0 fully saturated rings. The Morgan fingerprint density at radius 2 is 1.38 bits per heavy atom. The number of phenolic OH excluding ortho intramolecular Hbond substituents is 1. The highest BCUT2D eigenvalue weighted by Crippen LogP contribution is 2.34. The first-order chi connectivity index (χ1) is 19.8. The first kappa shape index (κ1) is 22.4. The molecule has 0 unspecified atom stereocenters. The van der Waals surface area contributed by atoms with Gasteiger partial charge in [0, 0.05) is 28.9 Å². The SMILES string of the molecule is Oc1ccccc1-n1[c-][n+](-c2ccc3c4ccccc4n(-c4nc5ccccc5n4-c4ccccc4)c3c2)cc1. The van der Waals surface area contributed by atoms with Crippen molar-refractivity contribution in [1.29, 1.82) is 0 Å². The van der Waals surface area contributed by atoms with E-state index in [9.17, 15) is 5.11 Å². The summed E-state index contributed by atoms with van der Waals surface area (Å²) in [5.41, 5.74) is 6.79. The monoisotopic (exact) mass is 517 g/mol. The van der Waals surface area contributed by atoms with Gasteiger partial charge < -0.3 is 5.11 Å². The van der Waals surface area contributed by atoms with Gasteiger partial charge in [-0.3, -0.25) is 18.3 Å². The van der Waals surface area contributed by atoms with Crippen molar-refractivity contribution < 1.29 is 9.67 Å². The number of aromatic hydroxyl groups is 1. The van der Waals surface area contributed by atoms with Crippen LogP contribution in [0.1, 0.15) is 0 Å². The lowest BCUT2D eigenvalue weighted by Crippen LogP contribution is -2.28. The molecule has 5 aromatic carbocycles. The Morgan fingerprint density at radius 3 is 2.25 bits per heavy atom. The summed E-state index contributed by atoms with van der Waals surface area (Å²) in [6.45, 7) is 0. The maximum atomic E-state index is 10.3. The van der Waals surface area contributed by atoms with Crippen molar-refractivity contribution in [3.8, 4) is 28.8 Å². The van der Waals surface area contributed by atoms with Gasteiger partial charge in [-0.05, 0) is 54.6 Å². The van der Waals surface area contributed by atoms with Crippen LogP contribution in [-0.2, 0) is 0 Å². The molecule has 40 heavy (non-hydrogen) atoms. The summed E-state index contributed by atoms with van der Waals surface area (Å²) in [7, 11) is 0. The maximum absolute atomic E-state index is 10.3. The molecule has 0 aliphatic rings. The molecule has 0 spiro atoms. The van der Waals surface area contributed by atoms with Gasteiger partial charge in [-0.2, -0.15) is 0 Å². The highest BCUT2D eigenvalue weighted by molar-refractivity contribution is 6.09. The predicted molar refractivity (Wildman–Crippen MR) is 157 cm³/mol. The van der Waals surface area contributed by atoms with E-state index in [1.807, 2.05) is 47.3 Å². The molecule has 190 valence electrons. The van der Waals surface area contributed by atoms with Crippen LogP contribution in [-0.4, -0.2) is 23.8 Å². The quantitative estimate of drug-likeness (QED) is 0.209. The summed E-state index contributed by atoms with van der Waals surface area (Å²) in [5.74, 6) is 1.04. The van der Waals surface area contributed by atoms with Crippen LogP contribution in [0.2, 0.25) is 0 Å². The highest BCUT2D eigenvalue weighted by atomic mass is 16.3. The van der Waals surface area contributed by atoms with E-state index in [1.165, 1.54) is 0 Å². The van der Waals surface area contributed by atoms with Crippen LogP contribution < -0.4 is 4.57 Å². The van der Waals surface area contributed by atoms with E-state index in [0.29, 0.717) is 5.69 Å². The Balaban J connectivity index is 1.40. The minimum atomic E-state index is 0.205. The molecule has 6 nitrogen and oxygen atoms in total. The third-order valence-corrected chi connectivity index (χ3v) is 7.41. The first-order valence-corrected chi connectivity index (χ1v) is 13.1. The van der Waals surface area contributed by atoms with E-state index in [1.54, 1.807) is 10.6 Å². The minimum Gasteiger partial charge on any atom is -0.511 e. The molecule has 0 saturated heterocycles. The van der Waals surface area contributed by atoms with Gasteiger partial charge in [-0.15, -0.1) is 0 Å². The van der Waals surface area contributed by atoms with Gasteiger partial charge in [0.1, 0.15) is 11.4 Å². The molecule has 8 aromatic rings. The molecule has 0 radical (unpaired) electrons. The molecule has 0 saturated carbocycles. The zero-order valence-electron chi connectivity index (χ0n) is 21.4. The lowest BCUT2D eigenvalue weighted by molar-refractivity contribution is -0.599.